The van der Waals surface area contributed by atoms with Crippen molar-refractivity contribution in [1.82, 2.24) is 20.3 Å². The normalized spacial score (nSPS) is 10.6. The van der Waals surface area contributed by atoms with Gasteiger partial charge in [-0.3, -0.25) is 0 Å². The van der Waals surface area contributed by atoms with Crippen molar-refractivity contribution in [2.24, 2.45) is 0 Å². The van der Waals surface area contributed by atoms with Crippen molar-refractivity contribution in [3.8, 4) is 0 Å². The Morgan fingerprint density at radius 1 is 1.50 bits per heavy atom. The van der Waals surface area contributed by atoms with Crippen molar-refractivity contribution in [1.29, 1.82) is 0 Å². The fourth-order valence-electron chi connectivity index (χ4n) is 1.15. The van der Waals surface area contributed by atoms with Gasteiger partial charge in [0.1, 0.15) is 0 Å². The first-order valence-corrected chi connectivity index (χ1v) is 4.33. The molecule has 12 heavy (non-hydrogen) atoms. The largest absolute Gasteiger partial charge is 0.314 e. The smallest absolute Gasteiger partial charge is 0.0993 e. The van der Waals surface area contributed by atoms with Gasteiger partial charge in [-0.1, -0.05) is 12.1 Å². The molecule has 0 aliphatic rings. The van der Waals surface area contributed by atoms with E-state index in [1.807, 2.05) is 11.7 Å². The summed E-state index contributed by atoms with van der Waals surface area (Å²) < 4.78 is 1.95. The Hall–Kier alpha value is -0.900. The molecule has 1 heterocycles. The van der Waals surface area contributed by atoms with Gasteiger partial charge in [-0.2, -0.15) is 0 Å². The summed E-state index contributed by atoms with van der Waals surface area (Å²) in [6.07, 6.45) is 1.10. The molecule has 0 aliphatic heterocycles. The first-order valence-electron chi connectivity index (χ1n) is 4.33. The van der Waals surface area contributed by atoms with E-state index in [1.54, 1.807) is 0 Å². The van der Waals surface area contributed by atoms with Crippen LogP contribution in [0.5, 0.6) is 0 Å². The second-order valence-electron chi connectivity index (χ2n) is 2.88. The standard InChI is InChI=1S/C8H16N4/c1-4-5-12-7(2)8(6-9-3)10-11-12/h9H,4-6H2,1-3H3. The fraction of sp³-hybridized carbons (Fsp3) is 0.750. The number of aromatic nitrogens is 3. The second kappa shape index (κ2) is 4.21. The number of rotatable bonds is 4. The lowest BCUT2D eigenvalue weighted by Gasteiger charge is -2.00. The highest BCUT2D eigenvalue weighted by Gasteiger charge is 2.05. The predicted molar refractivity (Wildman–Crippen MR) is 47.8 cm³/mol. The Labute approximate surface area is 73.0 Å². The van der Waals surface area contributed by atoms with Gasteiger partial charge in [-0.25, -0.2) is 4.68 Å². The van der Waals surface area contributed by atoms with E-state index in [0.29, 0.717) is 0 Å². The lowest BCUT2D eigenvalue weighted by Crippen LogP contribution is -2.07. The Kier molecular flexibility index (Phi) is 3.22. The molecule has 0 bridgehead atoms. The quantitative estimate of drug-likeness (QED) is 0.720. The number of hydrogen-bond acceptors (Lipinski definition) is 3. The van der Waals surface area contributed by atoms with Crippen LogP contribution in [0.1, 0.15) is 24.7 Å². The predicted octanol–water partition coefficient (Wildman–Crippen LogP) is 0.716. The van der Waals surface area contributed by atoms with E-state index in [2.05, 4.69) is 29.5 Å². The molecule has 0 saturated heterocycles. The summed E-state index contributed by atoms with van der Waals surface area (Å²) in [5, 5.41) is 11.2. The van der Waals surface area contributed by atoms with Crippen molar-refractivity contribution in [3.63, 3.8) is 0 Å². The molecule has 4 nitrogen and oxygen atoms in total. The fourth-order valence-corrected chi connectivity index (χ4v) is 1.15. The first-order chi connectivity index (χ1) is 5.79. The third kappa shape index (κ3) is 1.82. The van der Waals surface area contributed by atoms with Crippen LogP contribution in [0.3, 0.4) is 0 Å². The van der Waals surface area contributed by atoms with Crippen LogP contribution in [0, 0.1) is 6.92 Å². The van der Waals surface area contributed by atoms with Crippen LogP contribution in [-0.4, -0.2) is 22.0 Å². The van der Waals surface area contributed by atoms with Crippen molar-refractivity contribution in [3.05, 3.63) is 11.4 Å². The van der Waals surface area contributed by atoms with Gasteiger partial charge >= 0.3 is 0 Å². The summed E-state index contributed by atoms with van der Waals surface area (Å²) in [5.74, 6) is 0. The average molecular weight is 168 g/mol. The molecule has 0 aliphatic carbocycles. The third-order valence-corrected chi connectivity index (χ3v) is 1.86. The Morgan fingerprint density at radius 2 is 2.25 bits per heavy atom. The van der Waals surface area contributed by atoms with Crippen LogP contribution >= 0.6 is 0 Å². The molecule has 0 unspecified atom stereocenters. The van der Waals surface area contributed by atoms with Gasteiger partial charge in [0.15, 0.2) is 0 Å². The minimum Gasteiger partial charge on any atom is -0.314 e. The zero-order chi connectivity index (χ0) is 8.97. The SMILES string of the molecule is CCCn1nnc(CNC)c1C. The molecule has 0 aromatic carbocycles. The van der Waals surface area contributed by atoms with Crippen molar-refractivity contribution in [2.75, 3.05) is 7.05 Å². The summed E-state index contributed by atoms with van der Waals surface area (Å²) >= 11 is 0. The van der Waals surface area contributed by atoms with Crippen molar-refractivity contribution < 1.29 is 0 Å². The van der Waals surface area contributed by atoms with Crippen LogP contribution in [0.2, 0.25) is 0 Å². The number of aryl methyl sites for hydroxylation is 1. The monoisotopic (exact) mass is 168 g/mol. The molecule has 1 aromatic rings. The van der Waals surface area contributed by atoms with Gasteiger partial charge in [-0.05, 0) is 20.4 Å². The molecule has 68 valence electrons. The zero-order valence-corrected chi connectivity index (χ0v) is 7.96. The summed E-state index contributed by atoms with van der Waals surface area (Å²) in [5.41, 5.74) is 2.22. The molecule has 0 amide bonds. The lowest BCUT2D eigenvalue weighted by atomic mass is 10.3. The summed E-state index contributed by atoms with van der Waals surface area (Å²) in [4.78, 5) is 0. The van der Waals surface area contributed by atoms with Crippen LogP contribution in [0.25, 0.3) is 0 Å². The average Bonchev–Trinajstić information content (AvgIpc) is 2.38. The van der Waals surface area contributed by atoms with Gasteiger partial charge in [0, 0.05) is 13.1 Å². The van der Waals surface area contributed by atoms with Crippen molar-refractivity contribution in [2.45, 2.75) is 33.4 Å². The molecule has 0 radical (unpaired) electrons. The maximum Gasteiger partial charge on any atom is 0.0993 e. The molecular formula is C8H16N4. The van der Waals surface area contributed by atoms with Gasteiger partial charge in [0.05, 0.1) is 11.4 Å². The lowest BCUT2D eigenvalue weighted by molar-refractivity contribution is 0.566. The molecule has 0 saturated carbocycles. The number of hydrogen-bond donors (Lipinski definition) is 1. The van der Waals surface area contributed by atoms with Crippen LogP contribution in [0.4, 0.5) is 0 Å². The van der Waals surface area contributed by atoms with E-state index >= 15 is 0 Å². The molecule has 1 aromatic heterocycles. The molecule has 0 fully saturated rings. The molecule has 1 rings (SSSR count). The summed E-state index contributed by atoms with van der Waals surface area (Å²) in [6.45, 7) is 5.96. The van der Waals surface area contributed by atoms with E-state index in [-0.39, 0.29) is 0 Å². The maximum atomic E-state index is 4.07. The maximum absolute atomic E-state index is 4.07. The molecule has 4 heteroatoms. The minimum absolute atomic E-state index is 0.801. The molecule has 0 atom stereocenters. The van der Waals surface area contributed by atoms with Gasteiger partial charge in [0.2, 0.25) is 0 Å². The minimum atomic E-state index is 0.801. The first kappa shape index (κ1) is 9.19. The number of nitrogens with one attached hydrogen (secondary N) is 1. The van der Waals surface area contributed by atoms with Crippen LogP contribution < -0.4 is 5.32 Å². The topological polar surface area (TPSA) is 42.7 Å². The van der Waals surface area contributed by atoms with Gasteiger partial charge in [-0.15, -0.1) is 5.10 Å². The Morgan fingerprint density at radius 3 is 2.83 bits per heavy atom. The van der Waals surface area contributed by atoms with Crippen LogP contribution in [0.15, 0.2) is 0 Å². The Balaban J connectivity index is 2.74. The summed E-state index contributed by atoms with van der Waals surface area (Å²) in [7, 11) is 1.91. The van der Waals surface area contributed by atoms with E-state index in [0.717, 1.165) is 25.2 Å². The molecule has 1 N–H and O–H groups in total. The molecular weight excluding hydrogens is 152 g/mol. The Bertz CT molecular complexity index is 218. The van der Waals surface area contributed by atoms with Gasteiger partial charge in [0.25, 0.3) is 0 Å². The highest BCUT2D eigenvalue weighted by Crippen LogP contribution is 2.03. The highest BCUT2D eigenvalue weighted by atomic mass is 15.4. The third-order valence-electron chi connectivity index (χ3n) is 1.86. The van der Waals surface area contributed by atoms with E-state index < -0.39 is 0 Å². The van der Waals surface area contributed by atoms with E-state index in [4.69, 9.17) is 0 Å². The van der Waals surface area contributed by atoms with E-state index in [9.17, 15) is 0 Å². The molecule has 0 spiro atoms. The van der Waals surface area contributed by atoms with Crippen molar-refractivity contribution >= 4 is 0 Å². The zero-order valence-electron chi connectivity index (χ0n) is 7.96. The number of nitrogens with zero attached hydrogens (tertiary/aromatic N) is 3. The van der Waals surface area contributed by atoms with Crippen LogP contribution in [-0.2, 0) is 13.1 Å². The van der Waals surface area contributed by atoms with Gasteiger partial charge < -0.3 is 5.32 Å². The highest BCUT2D eigenvalue weighted by molar-refractivity contribution is 5.07. The summed E-state index contributed by atoms with van der Waals surface area (Å²) in [6, 6.07) is 0. The van der Waals surface area contributed by atoms with E-state index in [1.165, 1.54) is 5.69 Å². The second-order valence-corrected chi connectivity index (χ2v) is 2.88.